The van der Waals surface area contributed by atoms with Gasteiger partial charge in [-0.05, 0) is 12.1 Å². The standard InChI is InChI=1S/C12H15N5O2S2/c1-17-8-7-14-10(17)4-6-16-21(18,19)9-3-2-5-15-11(9)12(13)20/h2-3,5,7-8,16H,4,6H2,1H3,(H2,13,20). The topological polar surface area (TPSA) is 103 Å². The molecule has 7 nitrogen and oxygen atoms in total. The van der Waals surface area contributed by atoms with Crippen LogP contribution in [0.15, 0.2) is 35.6 Å². The molecule has 0 atom stereocenters. The Labute approximate surface area is 128 Å². The molecular formula is C12H15N5O2S2. The van der Waals surface area contributed by atoms with Crippen LogP contribution in [0.1, 0.15) is 11.5 Å². The molecule has 0 aromatic carbocycles. The minimum Gasteiger partial charge on any atom is -0.388 e. The third-order valence-corrected chi connectivity index (χ3v) is 4.54. The normalized spacial score (nSPS) is 11.5. The molecule has 0 fully saturated rings. The van der Waals surface area contributed by atoms with Crippen LogP contribution in [0, 0.1) is 0 Å². The lowest BCUT2D eigenvalue weighted by Gasteiger charge is -2.09. The van der Waals surface area contributed by atoms with Crippen LogP contribution in [0.25, 0.3) is 0 Å². The van der Waals surface area contributed by atoms with E-state index in [4.69, 9.17) is 18.0 Å². The maximum absolute atomic E-state index is 12.3. The second-order valence-electron chi connectivity index (χ2n) is 4.32. The zero-order chi connectivity index (χ0) is 15.5. The van der Waals surface area contributed by atoms with E-state index >= 15 is 0 Å². The Kier molecular flexibility index (Phi) is 4.66. The predicted octanol–water partition coefficient (Wildman–Crippen LogP) is -0.0297. The number of nitrogens with one attached hydrogen (secondary N) is 1. The van der Waals surface area contributed by atoms with E-state index in [1.807, 2.05) is 11.6 Å². The van der Waals surface area contributed by atoms with E-state index in [1.165, 1.54) is 18.3 Å². The Morgan fingerprint density at radius 3 is 2.81 bits per heavy atom. The van der Waals surface area contributed by atoms with Crippen LogP contribution in [0.3, 0.4) is 0 Å². The van der Waals surface area contributed by atoms with Crippen molar-refractivity contribution in [2.75, 3.05) is 6.54 Å². The highest BCUT2D eigenvalue weighted by molar-refractivity contribution is 7.89. The number of hydrogen-bond donors (Lipinski definition) is 2. The van der Waals surface area contributed by atoms with Gasteiger partial charge in [0.1, 0.15) is 21.4 Å². The fraction of sp³-hybridized carbons (Fsp3) is 0.250. The largest absolute Gasteiger partial charge is 0.388 e. The van der Waals surface area contributed by atoms with Gasteiger partial charge in [0.05, 0.1) is 0 Å². The molecule has 2 aromatic heterocycles. The molecule has 0 unspecified atom stereocenters. The van der Waals surface area contributed by atoms with Crippen molar-refractivity contribution in [2.45, 2.75) is 11.3 Å². The molecule has 0 aliphatic rings. The summed E-state index contributed by atoms with van der Waals surface area (Å²) in [5, 5.41) is 0. The van der Waals surface area contributed by atoms with Gasteiger partial charge in [0.15, 0.2) is 0 Å². The summed E-state index contributed by atoms with van der Waals surface area (Å²) in [4.78, 5) is 7.97. The van der Waals surface area contributed by atoms with Crippen molar-refractivity contribution in [3.8, 4) is 0 Å². The molecule has 0 aliphatic carbocycles. The van der Waals surface area contributed by atoms with Crippen LogP contribution in [-0.2, 0) is 23.5 Å². The van der Waals surface area contributed by atoms with Crippen molar-refractivity contribution in [3.05, 3.63) is 42.2 Å². The Balaban J connectivity index is 2.12. The number of nitrogens with two attached hydrogens (primary N) is 1. The number of sulfonamides is 1. The smallest absolute Gasteiger partial charge is 0.242 e. The predicted molar refractivity (Wildman–Crippen MR) is 82.2 cm³/mol. The maximum atomic E-state index is 12.3. The molecule has 2 aromatic rings. The van der Waals surface area contributed by atoms with E-state index in [0.29, 0.717) is 6.42 Å². The lowest BCUT2D eigenvalue weighted by atomic mass is 10.3. The van der Waals surface area contributed by atoms with E-state index in [0.717, 1.165) is 5.82 Å². The van der Waals surface area contributed by atoms with E-state index in [-0.39, 0.29) is 22.1 Å². The average Bonchev–Trinajstić information content (AvgIpc) is 2.84. The summed E-state index contributed by atoms with van der Waals surface area (Å²) in [6.07, 6.45) is 5.39. The van der Waals surface area contributed by atoms with Crippen LogP contribution in [0.4, 0.5) is 0 Å². The molecule has 2 heterocycles. The van der Waals surface area contributed by atoms with E-state index in [1.54, 1.807) is 12.4 Å². The van der Waals surface area contributed by atoms with E-state index in [2.05, 4.69) is 14.7 Å². The molecule has 9 heteroatoms. The summed E-state index contributed by atoms with van der Waals surface area (Å²) in [5.74, 6) is 0.790. The van der Waals surface area contributed by atoms with Crippen molar-refractivity contribution in [3.63, 3.8) is 0 Å². The Hall–Kier alpha value is -1.84. The Bertz CT molecular complexity index is 755. The zero-order valence-corrected chi connectivity index (χ0v) is 13.0. The molecule has 0 amide bonds. The third kappa shape index (κ3) is 3.63. The molecule has 0 saturated heterocycles. The van der Waals surface area contributed by atoms with Gasteiger partial charge in [0.2, 0.25) is 10.0 Å². The quantitative estimate of drug-likeness (QED) is 0.723. The zero-order valence-electron chi connectivity index (χ0n) is 11.4. The molecule has 0 saturated carbocycles. The van der Waals surface area contributed by atoms with Crippen LogP contribution in [0.5, 0.6) is 0 Å². The van der Waals surface area contributed by atoms with Crippen LogP contribution < -0.4 is 10.5 Å². The summed E-state index contributed by atoms with van der Waals surface area (Å²) in [7, 11) is -1.87. The van der Waals surface area contributed by atoms with Crippen LogP contribution in [-0.4, -0.2) is 34.5 Å². The van der Waals surface area contributed by atoms with Gasteiger partial charge in [-0.25, -0.2) is 18.1 Å². The van der Waals surface area contributed by atoms with Gasteiger partial charge in [-0.1, -0.05) is 12.2 Å². The second-order valence-corrected chi connectivity index (χ2v) is 6.49. The lowest BCUT2D eigenvalue weighted by molar-refractivity contribution is 0.579. The number of thiocarbonyl (C=S) groups is 1. The number of aromatic nitrogens is 3. The van der Waals surface area contributed by atoms with Crippen molar-refractivity contribution >= 4 is 27.2 Å². The number of imidazole rings is 1. The van der Waals surface area contributed by atoms with Crippen LogP contribution >= 0.6 is 12.2 Å². The maximum Gasteiger partial charge on any atom is 0.242 e. The number of aryl methyl sites for hydroxylation is 1. The van der Waals surface area contributed by atoms with Crippen molar-refractivity contribution in [1.29, 1.82) is 0 Å². The number of rotatable bonds is 6. The number of hydrogen-bond acceptors (Lipinski definition) is 5. The molecular weight excluding hydrogens is 310 g/mol. The second kappa shape index (κ2) is 6.29. The van der Waals surface area contributed by atoms with Gasteiger partial charge in [-0.3, -0.25) is 4.98 Å². The summed E-state index contributed by atoms with van der Waals surface area (Å²) in [6.45, 7) is 0.221. The molecule has 0 radical (unpaired) electrons. The molecule has 112 valence electrons. The summed E-state index contributed by atoms with van der Waals surface area (Å²) >= 11 is 4.82. The van der Waals surface area contributed by atoms with E-state index in [9.17, 15) is 8.42 Å². The van der Waals surface area contributed by atoms with Gasteiger partial charge < -0.3 is 10.3 Å². The first-order valence-corrected chi connectivity index (χ1v) is 8.01. The highest BCUT2D eigenvalue weighted by atomic mass is 32.2. The number of pyridine rings is 1. The minimum absolute atomic E-state index is 0.0164. The first-order valence-electron chi connectivity index (χ1n) is 6.12. The van der Waals surface area contributed by atoms with Gasteiger partial charge in [-0.15, -0.1) is 0 Å². The minimum atomic E-state index is -3.72. The Morgan fingerprint density at radius 2 is 2.19 bits per heavy atom. The summed E-state index contributed by atoms with van der Waals surface area (Å²) < 4.78 is 28.9. The van der Waals surface area contributed by atoms with Crippen LogP contribution in [0.2, 0.25) is 0 Å². The first kappa shape index (κ1) is 15.5. The molecule has 0 aliphatic heterocycles. The monoisotopic (exact) mass is 325 g/mol. The Morgan fingerprint density at radius 1 is 1.43 bits per heavy atom. The van der Waals surface area contributed by atoms with Gasteiger partial charge in [-0.2, -0.15) is 0 Å². The average molecular weight is 325 g/mol. The van der Waals surface area contributed by atoms with E-state index < -0.39 is 10.0 Å². The fourth-order valence-corrected chi connectivity index (χ4v) is 3.23. The molecule has 2 rings (SSSR count). The molecule has 0 bridgehead atoms. The SMILES string of the molecule is Cn1ccnc1CCNS(=O)(=O)c1cccnc1C(N)=S. The highest BCUT2D eigenvalue weighted by Crippen LogP contribution is 2.12. The van der Waals surface area contributed by atoms with Crippen molar-refractivity contribution in [2.24, 2.45) is 12.8 Å². The molecule has 21 heavy (non-hydrogen) atoms. The highest BCUT2D eigenvalue weighted by Gasteiger charge is 2.20. The lowest BCUT2D eigenvalue weighted by Crippen LogP contribution is -2.29. The van der Waals surface area contributed by atoms with Crippen molar-refractivity contribution in [1.82, 2.24) is 19.3 Å². The van der Waals surface area contributed by atoms with Gasteiger partial charge in [0.25, 0.3) is 0 Å². The molecule has 3 N–H and O–H groups in total. The van der Waals surface area contributed by atoms with Gasteiger partial charge >= 0.3 is 0 Å². The summed E-state index contributed by atoms with van der Waals surface area (Å²) in [6, 6.07) is 2.94. The third-order valence-electron chi connectivity index (χ3n) is 2.86. The fourth-order valence-electron chi connectivity index (χ4n) is 1.80. The van der Waals surface area contributed by atoms with Crippen molar-refractivity contribution < 1.29 is 8.42 Å². The first-order chi connectivity index (χ1) is 9.92. The van der Waals surface area contributed by atoms with Gasteiger partial charge in [0, 0.05) is 38.6 Å². The molecule has 0 spiro atoms. The number of nitrogens with zero attached hydrogens (tertiary/aromatic N) is 3. The summed E-state index contributed by atoms with van der Waals surface area (Å²) in [5.41, 5.74) is 5.59.